The molecule has 2 amide bonds. The third kappa shape index (κ3) is 4.64. The average molecular weight is 410 g/mol. The van der Waals surface area contributed by atoms with E-state index in [0.29, 0.717) is 13.1 Å². The number of carbonyl (C=O) groups excluding carboxylic acids is 1. The lowest BCUT2D eigenvalue weighted by molar-refractivity contribution is 0.208. The molecule has 2 saturated heterocycles. The van der Waals surface area contributed by atoms with E-state index < -0.39 is 0 Å². The van der Waals surface area contributed by atoms with Gasteiger partial charge in [-0.15, -0.1) is 0 Å². The van der Waals surface area contributed by atoms with Crippen LogP contribution < -0.4 is 15.1 Å². The van der Waals surface area contributed by atoms with Crippen molar-refractivity contribution in [2.24, 2.45) is 0 Å². The molecule has 1 aromatic carbocycles. The van der Waals surface area contributed by atoms with Crippen molar-refractivity contribution in [3.05, 3.63) is 41.7 Å². The average Bonchev–Trinajstić information content (AvgIpc) is 2.76. The monoisotopic (exact) mass is 409 g/mol. The number of amides is 2. The summed E-state index contributed by atoms with van der Waals surface area (Å²) in [6.07, 6.45) is 1.65. The van der Waals surface area contributed by atoms with Crippen molar-refractivity contribution in [3.63, 3.8) is 0 Å². The van der Waals surface area contributed by atoms with Gasteiger partial charge in [0, 0.05) is 64.1 Å². The molecule has 1 aromatic heterocycles. The van der Waals surface area contributed by atoms with Crippen LogP contribution in [-0.4, -0.2) is 85.2 Å². The van der Waals surface area contributed by atoms with Crippen molar-refractivity contribution >= 4 is 23.4 Å². The minimum Gasteiger partial charge on any atom is -0.354 e. The van der Waals surface area contributed by atoms with Gasteiger partial charge < -0.3 is 24.9 Å². The second-order valence-corrected chi connectivity index (χ2v) is 8.25. The number of carbonyl (C=O) groups is 1. The summed E-state index contributed by atoms with van der Waals surface area (Å²) >= 11 is 0. The Morgan fingerprint density at radius 1 is 0.867 bits per heavy atom. The number of urea groups is 1. The van der Waals surface area contributed by atoms with Crippen LogP contribution in [0.15, 0.2) is 30.6 Å². The lowest BCUT2D eigenvalue weighted by atomic mass is 10.1. The molecule has 3 heterocycles. The van der Waals surface area contributed by atoms with Gasteiger partial charge >= 0.3 is 6.03 Å². The van der Waals surface area contributed by atoms with Crippen LogP contribution in [0.5, 0.6) is 0 Å². The third-order valence-electron chi connectivity index (χ3n) is 5.98. The molecular formula is C22H31N7O. The molecule has 160 valence electrons. The van der Waals surface area contributed by atoms with Crippen molar-refractivity contribution in [2.45, 2.75) is 13.8 Å². The maximum atomic E-state index is 12.7. The summed E-state index contributed by atoms with van der Waals surface area (Å²) < 4.78 is 0. The predicted molar refractivity (Wildman–Crippen MR) is 120 cm³/mol. The molecule has 0 bridgehead atoms. The minimum absolute atomic E-state index is 0.0394. The van der Waals surface area contributed by atoms with Crippen molar-refractivity contribution in [2.75, 3.05) is 74.5 Å². The number of hydrogen-bond acceptors (Lipinski definition) is 6. The van der Waals surface area contributed by atoms with Gasteiger partial charge in [0.25, 0.3) is 0 Å². The highest BCUT2D eigenvalue weighted by atomic mass is 16.2. The Morgan fingerprint density at radius 2 is 1.47 bits per heavy atom. The Hall–Kier alpha value is -2.87. The Bertz CT molecular complexity index is 887. The largest absolute Gasteiger partial charge is 0.354 e. The maximum absolute atomic E-state index is 12.7. The van der Waals surface area contributed by atoms with E-state index in [1.165, 1.54) is 5.56 Å². The highest BCUT2D eigenvalue weighted by Crippen LogP contribution is 2.21. The maximum Gasteiger partial charge on any atom is 0.321 e. The molecule has 2 aromatic rings. The number of benzene rings is 1. The molecule has 0 radical (unpaired) electrons. The molecule has 2 fully saturated rings. The number of nitrogens with zero attached hydrogens (tertiary/aromatic N) is 6. The fourth-order valence-electron chi connectivity index (χ4n) is 4.01. The predicted octanol–water partition coefficient (Wildman–Crippen LogP) is 2.20. The number of aromatic nitrogens is 2. The van der Waals surface area contributed by atoms with E-state index in [1.54, 1.807) is 6.33 Å². The Labute approximate surface area is 178 Å². The molecule has 0 saturated carbocycles. The van der Waals surface area contributed by atoms with Crippen LogP contribution in [0.3, 0.4) is 0 Å². The van der Waals surface area contributed by atoms with Crippen LogP contribution in [0.1, 0.15) is 11.1 Å². The summed E-state index contributed by atoms with van der Waals surface area (Å²) in [7, 11) is 2.15. The van der Waals surface area contributed by atoms with Crippen molar-refractivity contribution in [1.82, 2.24) is 19.8 Å². The van der Waals surface area contributed by atoms with Crippen LogP contribution in [0, 0.1) is 13.8 Å². The first-order valence-corrected chi connectivity index (χ1v) is 10.6. The lowest BCUT2D eigenvalue weighted by Crippen LogP contribution is -2.50. The Kier molecular flexibility index (Phi) is 6.03. The summed E-state index contributed by atoms with van der Waals surface area (Å²) in [5.74, 6) is 1.93. The smallest absolute Gasteiger partial charge is 0.321 e. The quantitative estimate of drug-likeness (QED) is 0.838. The first-order chi connectivity index (χ1) is 14.5. The first-order valence-electron chi connectivity index (χ1n) is 10.6. The highest BCUT2D eigenvalue weighted by Gasteiger charge is 2.23. The van der Waals surface area contributed by atoms with Crippen molar-refractivity contribution < 1.29 is 4.79 Å². The molecule has 1 N–H and O–H groups in total. The molecule has 8 heteroatoms. The highest BCUT2D eigenvalue weighted by molar-refractivity contribution is 5.90. The Balaban J connectivity index is 1.34. The van der Waals surface area contributed by atoms with Crippen LogP contribution in [0.4, 0.5) is 22.1 Å². The van der Waals surface area contributed by atoms with Crippen LogP contribution in [0.2, 0.25) is 0 Å². The summed E-state index contributed by atoms with van der Waals surface area (Å²) in [6.45, 7) is 11.0. The van der Waals surface area contributed by atoms with E-state index in [1.807, 2.05) is 24.0 Å². The molecule has 2 aliphatic rings. The van der Waals surface area contributed by atoms with Crippen molar-refractivity contribution in [3.8, 4) is 0 Å². The van der Waals surface area contributed by atoms with Gasteiger partial charge in [-0.05, 0) is 32.5 Å². The van der Waals surface area contributed by atoms with Gasteiger partial charge in [-0.1, -0.05) is 17.7 Å². The normalized spacial score (nSPS) is 17.9. The van der Waals surface area contributed by atoms with Gasteiger partial charge in [0.05, 0.1) is 0 Å². The van der Waals surface area contributed by atoms with Crippen LogP contribution in [-0.2, 0) is 0 Å². The molecule has 0 unspecified atom stereocenters. The Morgan fingerprint density at radius 3 is 2.07 bits per heavy atom. The lowest BCUT2D eigenvalue weighted by Gasteiger charge is -2.36. The van der Waals surface area contributed by atoms with Gasteiger partial charge in [0.15, 0.2) is 0 Å². The third-order valence-corrected chi connectivity index (χ3v) is 5.98. The van der Waals surface area contributed by atoms with Gasteiger partial charge in [0.2, 0.25) is 0 Å². The van der Waals surface area contributed by atoms with Gasteiger partial charge in [-0.3, -0.25) is 0 Å². The minimum atomic E-state index is -0.0394. The number of nitrogens with one attached hydrogen (secondary N) is 1. The zero-order chi connectivity index (χ0) is 21.1. The van der Waals surface area contributed by atoms with Crippen molar-refractivity contribution in [1.29, 1.82) is 0 Å². The summed E-state index contributed by atoms with van der Waals surface area (Å²) in [4.78, 5) is 30.4. The second-order valence-electron chi connectivity index (χ2n) is 8.25. The topological polar surface area (TPSA) is 67.8 Å². The fraction of sp³-hybridized carbons (Fsp3) is 0.500. The first kappa shape index (κ1) is 20.4. The zero-order valence-corrected chi connectivity index (χ0v) is 18.1. The summed E-state index contributed by atoms with van der Waals surface area (Å²) in [5.41, 5.74) is 3.15. The molecule has 0 spiro atoms. The fourth-order valence-corrected chi connectivity index (χ4v) is 4.01. The number of piperazine rings is 2. The molecule has 4 rings (SSSR count). The molecule has 2 aliphatic heterocycles. The van der Waals surface area contributed by atoms with Gasteiger partial charge in [-0.25, -0.2) is 14.8 Å². The molecular weight excluding hydrogens is 378 g/mol. The zero-order valence-electron chi connectivity index (χ0n) is 18.1. The van der Waals surface area contributed by atoms with Gasteiger partial charge in [-0.2, -0.15) is 0 Å². The second kappa shape index (κ2) is 8.87. The number of rotatable bonds is 3. The van der Waals surface area contributed by atoms with Gasteiger partial charge in [0.1, 0.15) is 18.0 Å². The van der Waals surface area contributed by atoms with Crippen LogP contribution >= 0.6 is 0 Å². The molecule has 0 aliphatic carbocycles. The number of likely N-dealkylation sites (N-methyl/N-ethyl adjacent to an activating group) is 1. The summed E-state index contributed by atoms with van der Waals surface area (Å²) in [6, 6.07) is 8.12. The SMILES string of the molecule is Cc1ccc(NC(=O)N2CCN(c3cc(N4CCN(C)CC4)ncn3)CC2)c(C)c1. The standard InChI is InChI=1S/C22H31N7O/c1-17-4-5-19(18(2)14-17)25-22(30)29-12-10-28(11-13-29)21-15-20(23-16-24-21)27-8-6-26(3)7-9-27/h4-5,14-16H,6-13H2,1-3H3,(H,25,30). The van der Waals surface area contributed by atoms with E-state index in [-0.39, 0.29) is 6.03 Å². The van der Waals surface area contributed by atoms with E-state index in [0.717, 1.165) is 62.2 Å². The van der Waals surface area contributed by atoms with E-state index in [4.69, 9.17) is 0 Å². The number of anilines is 3. The number of hydrogen-bond donors (Lipinski definition) is 1. The number of aryl methyl sites for hydroxylation is 2. The summed E-state index contributed by atoms with van der Waals surface area (Å²) in [5, 5.41) is 3.05. The van der Waals surface area contributed by atoms with Crippen LogP contribution in [0.25, 0.3) is 0 Å². The molecule has 8 nitrogen and oxygen atoms in total. The van der Waals surface area contributed by atoms with E-state index in [9.17, 15) is 4.79 Å². The molecule has 30 heavy (non-hydrogen) atoms. The van der Waals surface area contributed by atoms with E-state index >= 15 is 0 Å². The molecule has 0 atom stereocenters. The van der Waals surface area contributed by atoms with E-state index in [2.05, 4.69) is 56.1 Å².